The van der Waals surface area contributed by atoms with Crippen molar-refractivity contribution in [1.82, 2.24) is 5.32 Å². The number of ether oxygens (including phenoxy) is 2. The van der Waals surface area contributed by atoms with Crippen LogP contribution in [0.25, 0.3) is 0 Å². The molecule has 1 unspecified atom stereocenters. The lowest BCUT2D eigenvalue weighted by molar-refractivity contribution is -0.141. The largest absolute Gasteiger partial charge is 0.490 e. The number of isothiocyanates is 1. The Bertz CT molecular complexity index is 919. The van der Waals surface area contributed by atoms with E-state index in [1.54, 1.807) is 55.5 Å². The third-order valence-electron chi connectivity index (χ3n) is 3.89. The predicted octanol–water partition coefficient (Wildman–Crippen LogP) is 3.10. The minimum atomic E-state index is -0.520. The molecule has 0 saturated carbocycles. The van der Waals surface area contributed by atoms with Gasteiger partial charge in [-0.1, -0.05) is 0 Å². The minimum absolute atomic E-state index is 0.0776. The average molecular weight is 412 g/mol. The topological polar surface area (TPSA) is 94.1 Å². The molecule has 0 fully saturated rings. The summed E-state index contributed by atoms with van der Waals surface area (Å²) in [4.78, 5) is 39.2. The zero-order valence-electron chi connectivity index (χ0n) is 16.0. The van der Waals surface area contributed by atoms with E-state index in [1.165, 1.54) is 7.11 Å². The van der Waals surface area contributed by atoms with Crippen molar-refractivity contribution < 1.29 is 23.9 Å². The van der Waals surface area contributed by atoms with Crippen LogP contribution in [0.3, 0.4) is 0 Å². The second kappa shape index (κ2) is 10.8. The lowest BCUT2D eigenvalue weighted by atomic mass is 10.0. The number of ketones is 1. The molecule has 2 aromatic rings. The third-order valence-corrected chi connectivity index (χ3v) is 3.98. The summed E-state index contributed by atoms with van der Waals surface area (Å²) in [5, 5.41) is 4.73. The van der Waals surface area contributed by atoms with Gasteiger partial charge in [0.05, 0.1) is 24.4 Å². The number of nitrogens with zero attached hydrogens (tertiary/aromatic N) is 1. The number of hydrogen-bond acceptors (Lipinski definition) is 7. The summed E-state index contributed by atoms with van der Waals surface area (Å²) < 4.78 is 10.1. The zero-order chi connectivity index (χ0) is 21.2. The molecule has 0 aliphatic carbocycles. The lowest BCUT2D eigenvalue weighted by Gasteiger charge is -2.14. The first-order chi connectivity index (χ1) is 13.9. The first-order valence-corrected chi connectivity index (χ1v) is 9.16. The molecule has 0 radical (unpaired) electrons. The van der Waals surface area contributed by atoms with Crippen molar-refractivity contribution >= 4 is 40.7 Å². The summed E-state index contributed by atoms with van der Waals surface area (Å²) in [7, 11) is 1.25. The summed E-state index contributed by atoms with van der Waals surface area (Å²) in [6.45, 7) is 1.55. The summed E-state index contributed by atoms with van der Waals surface area (Å²) >= 11 is 4.55. The molecule has 0 aliphatic heterocycles. The van der Waals surface area contributed by atoms with E-state index in [2.05, 4.69) is 32.4 Å². The molecular formula is C21H20N2O5S. The first kappa shape index (κ1) is 21.9. The van der Waals surface area contributed by atoms with E-state index in [-0.39, 0.29) is 24.7 Å². The molecule has 2 rings (SSSR count). The van der Waals surface area contributed by atoms with E-state index in [1.807, 2.05) is 0 Å². The molecule has 0 aliphatic rings. The summed E-state index contributed by atoms with van der Waals surface area (Å²) in [5.41, 5.74) is 1.66. The van der Waals surface area contributed by atoms with Crippen LogP contribution in [0.15, 0.2) is 53.5 Å². The van der Waals surface area contributed by atoms with Gasteiger partial charge in [-0.25, -0.2) is 0 Å². The van der Waals surface area contributed by atoms with Crippen LogP contribution in [0.5, 0.6) is 5.75 Å². The van der Waals surface area contributed by atoms with E-state index in [9.17, 15) is 14.4 Å². The van der Waals surface area contributed by atoms with Gasteiger partial charge in [-0.15, -0.1) is 0 Å². The Labute approximate surface area is 173 Å². The number of carbonyl (C=O) groups is 3. The molecule has 0 aromatic heterocycles. The van der Waals surface area contributed by atoms with Gasteiger partial charge in [0, 0.05) is 11.1 Å². The molecule has 0 spiro atoms. The van der Waals surface area contributed by atoms with Crippen molar-refractivity contribution in [3.05, 3.63) is 59.7 Å². The van der Waals surface area contributed by atoms with Crippen LogP contribution >= 0.6 is 12.2 Å². The van der Waals surface area contributed by atoms with Gasteiger partial charge in [-0.3, -0.25) is 14.4 Å². The predicted molar refractivity (Wildman–Crippen MR) is 111 cm³/mol. The molecule has 150 valence electrons. The van der Waals surface area contributed by atoms with Crippen molar-refractivity contribution in [1.29, 1.82) is 0 Å². The highest BCUT2D eigenvalue weighted by Crippen LogP contribution is 2.19. The number of nitrogens with one attached hydrogen (secondary N) is 1. The Morgan fingerprint density at radius 3 is 2.21 bits per heavy atom. The highest BCUT2D eigenvalue weighted by Gasteiger charge is 2.13. The van der Waals surface area contributed by atoms with E-state index >= 15 is 0 Å². The zero-order valence-corrected chi connectivity index (χ0v) is 16.8. The number of benzene rings is 2. The van der Waals surface area contributed by atoms with E-state index in [4.69, 9.17) is 4.74 Å². The van der Waals surface area contributed by atoms with Crippen LogP contribution in [0.4, 0.5) is 5.69 Å². The van der Waals surface area contributed by atoms with Gasteiger partial charge in [0.1, 0.15) is 18.4 Å². The van der Waals surface area contributed by atoms with E-state index in [0.717, 1.165) is 0 Å². The number of hydrogen-bond donors (Lipinski definition) is 1. The molecule has 1 atom stereocenters. The maximum Gasteiger partial charge on any atom is 0.325 e. The van der Waals surface area contributed by atoms with Gasteiger partial charge in [0.15, 0.2) is 5.78 Å². The van der Waals surface area contributed by atoms with Crippen LogP contribution < -0.4 is 10.1 Å². The van der Waals surface area contributed by atoms with Gasteiger partial charge in [0.2, 0.25) is 5.91 Å². The van der Waals surface area contributed by atoms with Gasteiger partial charge in [0.25, 0.3) is 0 Å². The third kappa shape index (κ3) is 6.95. The molecule has 8 heteroatoms. The Morgan fingerprint density at radius 1 is 1.07 bits per heavy atom. The Morgan fingerprint density at radius 2 is 1.66 bits per heavy atom. The number of methoxy groups -OCH3 is 1. The molecular weight excluding hydrogens is 392 g/mol. The maximum atomic E-state index is 12.5. The van der Waals surface area contributed by atoms with Crippen molar-refractivity contribution in [2.45, 2.75) is 19.4 Å². The number of thiocarbonyl (C=S) groups is 1. The van der Waals surface area contributed by atoms with Crippen molar-refractivity contribution in [3.63, 3.8) is 0 Å². The van der Waals surface area contributed by atoms with Crippen LogP contribution in [0.1, 0.15) is 29.3 Å². The van der Waals surface area contributed by atoms with Crippen LogP contribution in [-0.4, -0.2) is 42.6 Å². The van der Waals surface area contributed by atoms with Crippen molar-refractivity contribution in [2.75, 3.05) is 13.7 Å². The smallest absolute Gasteiger partial charge is 0.325 e. The number of aliphatic imine (C=N–C) groups is 1. The highest BCUT2D eigenvalue weighted by molar-refractivity contribution is 7.78. The molecule has 29 heavy (non-hydrogen) atoms. The molecule has 0 saturated heterocycles. The lowest BCUT2D eigenvalue weighted by Crippen LogP contribution is -2.33. The summed E-state index contributed by atoms with van der Waals surface area (Å²) in [6.07, 6.45) is -0.336. The van der Waals surface area contributed by atoms with E-state index < -0.39 is 12.1 Å². The SMILES string of the molecule is COC(=O)CNC(=O)CC(C)Oc1ccc(C(=O)c2ccc(N=C=S)cc2)cc1. The van der Waals surface area contributed by atoms with Gasteiger partial charge >= 0.3 is 5.97 Å². The fraction of sp³-hybridized carbons (Fsp3) is 0.238. The van der Waals surface area contributed by atoms with Crippen molar-refractivity contribution in [3.8, 4) is 5.75 Å². The van der Waals surface area contributed by atoms with Crippen LogP contribution in [0.2, 0.25) is 0 Å². The molecule has 1 N–H and O–H groups in total. The van der Waals surface area contributed by atoms with Crippen LogP contribution in [-0.2, 0) is 14.3 Å². The van der Waals surface area contributed by atoms with Gasteiger partial charge < -0.3 is 14.8 Å². The molecule has 7 nitrogen and oxygen atoms in total. The van der Waals surface area contributed by atoms with Gasteiger partial charge in [-0.2, -0.15) is 4.99 Å². The normalized spacial score (nSPS) is 11.0. The molecule has 1 amide bonds. The number of amides is 1. The minimum Gasteiger partial charge on any atom is -0.490 e. The quantitative estimate of drug-likeness (QED) is 0.294. The summed E-state index contributed by atoms with van der Waals surface area (Å²) in [5.74, 6) is -0.450. The molecule has 0 heterocycles. The Balaban J connectivity index is 1.92. The van der Waals surface area contributed by atoms with Gasteiger partial charge in [-0.05, 0) is 67.7 Å². The molecule has 2 aromatic carbocycles. The second-order valence-electron chi connectivity index (χ2n) is 6.09. The average Bonchev–Trinajstić information content (AvgIpc) is 2.72. The fourth-order valence-corrected chi connectivity index (χ4v) is 2.55. The van der Waals surface area contributed by atoms with Crippen molar-refractivity contribution in [2.24, 2.45) is 4.99 Å². The number of carbonyl (C=O) groups excluding carboxylic acids is 3. The maximum absolute atomic E-state index is 12.5. The summed E-state index contributed by atoms with van der Waals surface area (Å²) in [6, 6.07) is 13.4. The fourth-order valence-electron chi connectivity index (χ4n) is 2.44. The standard InChI is InChI=1S/C21H20N2O5S/c1-14(11-19(24)22-12-20(25)27-2)28-18-9-5-16(6-10-18)21(26)15-3-7-17(8-4-15)23-13-29/h3-10,14H,11-12H2,1-2H3,(H,22,24). The number of rotatable bonds is 9. The highest BCUT2D eigenvalue weighted by atomic mass is 32.1. The Hall–Kier alpha value is -3.35. The number of esters is 1. The van der Waals surface area contributed by atoms with E-state index in [0.29, 0.717) is 22.6 Å². The monoisotopic (exact) mass is 412 g/mol. The second-order valence-corrected chi connectivity index (χ2v) is 6.27. The molecule has 0 bridgehead atoms. The Kier molecular flexibility index (Phi) is 8.21. The first-order valence-electron chi connectivity index (χ1n) is 8.75. The van der Waals surface area contributed by atoms with Crippen LogP contribution in [0, 0.1) is 0 Å².